The summed E-state index contributed by atoms with van der Waals surface area (Å²) in [6.45, 7) is -0.586. The molecular weight excluding hydrogens is 243 g/mol. The van der Waals surface area contributed by atoms with E-state index in [0.717, 1.165) is 9.87 Å². The second-order valence-corrected chi connectivity index (χ2v) is 6.20. The van der Waals surface area contributed by atoms with E-state index in [2.05, 4.69) is 0 Å². The molecule has 0 saturated carbocycles. The molecule has 0 saturated heterocycles. The van der Waals surface area contributed by atoms with Crippen LogP contribution in [0.25, 0.3) is 0 Å². The zero-order chi connectivity index (χ0) is 13.1. The van der Waals surface area contributed by atoms with Gasteiger partial charge in [0.1, 0.15) is 6.67 Å². The van der Waals surface area contributed by atoms with Gasteiger partial charge in [-0.25, -0.2) is 17.1 Å². The third kappa shape index (κ3) is 3.49. The van der Waals surface area contributed by atoms with E-state index in [1.54, 1.807) is 12.1 Å². The molecule has 6 heteroatoms. The normalized spacial score (nSPS) is 13.9. The maximum Gasteiger partial charge on any atom is 0.242 e. The minimum absolute atomic E-state index is 0.222. The number of benzene rings is 1. The number of nitrogens with zero attached hydrogens (tertiary/aromatic N) is 1. The standard InChI is InChI=1S/C11H17FN2O2S/c1-14(2)17(15,16)11-5-3-9(4-6-11)7-10(13)8-12/h3-6,10H,7-8,13H2,1-2H3/t10-/m0/s1. The molecule has 0 aliphatic rings. The first-order valence-corrected chi connectivity index (χ1v) is 6.65. The van der Waals surface area contributed by atoms with Gasteiger partial charge in [-0.1, -0.05) is 12.1 Å². The number of rotatable bonds is 5. The summed E-state index contributed by atoms with van der Waals surface area (Å²) in [7, 11) is -0.451. The highest BCUT2D eigenvalue weighted by Gasteiger charge is 2.16. The van der Waals surface area contributed by atoms with Crippen LogP contribution in [0.5, 0.6) is 0 Å². The van der Waals surface area contributed by atoms with Gasteiger partial charge in [0.25, 0.3) is 0 Å². The molecule has 0 fully saturated rings. The Kier molecular flexibility index (Phi) is 4.62. The second kappa shape index (κ2) is 5.57. The lowest BCUT2D eigenvalue weighted by Crippen LogP contribution is -2.25. The van der Waals surface area contributed by atoms with Gasteiger partial charge in [-0.2, -0.15) is 0 Å². The predicted octanol–water partition coefficient (Wildman–Crippen LogP) is 0.776. The first-order valence-electron chi connectivity index (χ1n) is 5.21. The van der Waals surface area contributed by atoms with Crippen molar-refractivity contribution >= 4 is 10.0 Å². The van der Waals surface area contributed by atoms with E-state index in [1.165, 1.54) is 26.2 Å². The Bertz CT molecular complexity index is 457. The maximum atomic E-state index is 12.2. The minimum atomic E-state index is -3.40. The smallest absolute Gasteiger partial charge is 0.242 e. The second-order valence-electron chi connectivity index (χ2n) is 4.05. The van der Waals surface area contributed by atoms with E-state index in [1.807, 2.05) is 0 Å². The lowest BCUT2D eigenvalue weighted by molar-refractivity contribution is 0.427. The third-order valence-corrected chi connectivity index (χ3v) is 4.23. The summed E-state index contributed by atoms with van der Waals surface area (Å²) >= 11 is 0. The van der Waals surface area contributed by atoms with Crippen molar-refractivity contribution in [3.8, 4) is 0 Å². The van der Waals surface area contributed by atoms with Crippen molar-refractivity contribution in [3.63, 3.8) is 0 Å². The Hall–Kier alpha value is -0.980. The number of halogens is 1. The Balaban J connectivity index is 2.89. The molecule has 96 valence electrons. The van der Waals surface area contributed by atoms with Crippen LogP contribution in [-0.4, -0.2) is 39.5 Å². The molecule has 0 heterocycles. The molecule has 4 nitrogen and oxygen atoms in total. The van der Waals surface area contributed by atoms with E-state index in [0.29, 0.717) is 6.42 Å². The summed E-state index contributed by atoms with van der Waals surface area (Å²) < 4.78 is 36.9. The van der Waals surface area contributed by atoms with Crippen LogP contribution in [0.3, 0.4) is 0 Å². The number of hydrogen-bond donors (Lipinski definition) is 1. The van der Waals surface area contributed by atoms with Crippen LogP contribution >= 0.6 is 0 Å². The topological polar surface area (TPSA) is 63.4 Å². The van der Waals surface area contributed by atoms with Gasteiger partial charge in [-0.05, 0) is 24.1 Å². The molecular formula is C11H17FN2O2S. The molecule has 17 heavy (non-hydrogen) atoms. The summed E-state index contributed by atoms with van der Waals surface area (Å²) in [5.41, 5.74) is 6.30. The first kappa shape index (κ1) is 14.1. The summed E-state index contributed by atoms with van der Waals surface area (Å²) in [4.78, 5) is 0.222. The number of nitrogens with two attached hydrogens (primary N) is 1. The zero-order valence-corrected chi connectivity index (χ0v) is 10.7. The molecule has 1 rings (SSSR count). The molecule has 0 aliphatic heterocycles. The maximum absolute atomic E-state index is 12.2. The average molecular weight is 260 g/mol. The lowest BCUT2D eigenvalue weighted by atomic mass is 10.1. The van der Waals surface area contributed by atoms with Gasteiger partial charge in [0.2, 0.25) is 10.0 Å². The van der Waals surface area contributed by atoms with Crippen molar-refractivity contribution in [2.45, 2.75) is 17.4 Å². The molecule has 0 radical (unpaired) electrons. The van der Waals surface area contributed by atoms with Gasteiger partial charge in [-0.3, -0.25) is 0 Å². The largest absolute Gasteiger partial charge is 0.325 e. The van der Waals surface area contributed by atoms with Gasteiger partial charge in [0.15, 0.2) is 0 Å². The van der Waals surface area contributed by atoms with Crippen LogP contribution in [0.2, 0.25) is 0 Å². The van der Waals surface area contributed by atoms with Crippen molar-refractivity contribution in [3.05, 3.63) is 29.8 Å². The molecule has 0 aromatic heterocycles. The number of sulfonamides is 1. The zero-order valence-electron chi connectivity index (χ0n) is 9.93. The van der Waals surface area contributed by atoms with Crippen LogP contribution < -0.4 is 5.73 Å². The molecule has 1 aromatic carbocycles. The fraction of sp³-hybridized carbons (Fsp3) is 0.455. The molecule has 1 atom stereocenters. The van der Waals surface area contributed by atoms with E-state index in [4.69, 9.17) is 5.73 Å². The Morgan fingerprint density at radius 1 is 1.29 bits per heavy atom. The van der Waals surface area contributed by atoms with Crippen molar-refractivity contribution in [1.82, 2.24) is 4.31 Å². The lowest BCUT2D eigenvalue weighted by Gasteiger charge is -2.12. The minimum Gasteiger partial charge on any atom is -0.325 e. The fourth-order valence-corrected chi connectivity index (χ4v) is 2.27. The number of alkyl halides is 1. The van der Waals surface area contributed by atoms with E-state index in [-0.39, 0.29) is 4.90 Å². The summed E-state index contributed by atoms with van der Waals surface area (Å²) in [5, 5.41) is 0. The highest BCUT2D eigenvalue weighted by Crippen LogP contribution is 2.14. The van der Waals surface area contributed by atoms with Crippen LogP contribution in [0.1, 0.15) is 5.56 Å². The molecule has 0 amide bonds. The predicted molar refractivity (Wildman–Crippen MR) is 65.0 cm³/mol. The van der Waals surface area contributed by atoms with Gasteiger partial charge < -0.3 is 5.73 Å². The van der Waals surface area contributed by atoms with Crippen molar-refractivity contribution in [1.29, 1.82) is 0 Å². The van der Waals surface area contributed by atoms with E-state index in [9.17, 15) is 12.8 Å². The Morgan fingerprint density at radius 2 is 1.82 bits per heavy atom. The SMILES string of the molecule is CN(C)S(=O)(=O)c1ccc(C[C@H](N)CF)cc1. The molecule has 1 aromatic rings. The Labute approximate surface area is 101 Å². The molecule has 2 N–H and O–H groups in total. The van der Waals surface area contributed by atoms with Crippen LogP contribution in [0.15, 0.2) is 29.2 Å². The van der Waals surface area contributed by atoms with Gasteiger partial charge in [-0.15, -0.1) is 0 Å². The van der Waals surface area contributed by atoms with Gasteiger partial charge in [0, 0.05) is 20.1 Å². The van der Waals surface area contributed by atoms with Crippen molar-refractivity contribution in [2.75, 3.05) is 20.8 Å². The van der Waals surface area contributed by atoms with E-state index < -0.39 is 22.7 Å². The van der Waals surface area contributed by atoms with E-state index >= 15 is 0 Å². The van der Waals surface area contributed by atoms with Crippen molar-refractivity contribution < 1.29 is 12.8 Å². The van der Waals surface area contributed by atoms with Crippen LogP contribution in [0, 0.1) is 0 Å². The van der Waals surface area contributed by atoms with Crippen molar-refractivity contribution in [2.24, 2.45) is 5.73 Å². The monoisotopic (exact) mass is 260 g/mol. The molecule has 0 unspecified atom stereocenters. The fourth-order valence-electron chi connectivity index (χ4n) is 1.37. The summed E-state index contributed by atoms with van der Waals surface area (Å²) in [6.07, 6.45) is 0.402. The molecule has 0 aliphatic carbocycles. The quantitative estimate of drug-likeness (QED) is 0.850. The highest BCUT2D eigenvalue weighted by molar-refractivity contribution is 7.89. The highest BCUT2D eigenvalue weighted by atomic mass is 32.2. The van der Waals surface area contributed by atoms with Crippen LogP contribution in [0.4, 0.5) is 4.39 Å². The average Bonchev–Trinajstić information content (AvgIpc) is 2.29. The van der Waals surface area contributed by atoms with Gasteiger partial charge >= 0.3 is 0 Å². The number of hydrogen-bond acceptors (Lipinski definition) is 3. The first-order chi connectivity index (χ1) is 7.87. The molecule has 0 bridgehead atoms. The third-order valence-electron chi connectivity index (χ3n) is 2.40. The summed E-state index contributed by atoms with van der Waals surface area (Å²) in [6, 6.07) is 5.80. The summed E-state index contributed by atoms with van der Waals surface area (Å²) in [5.74, 6) is 0. The molecule has 0 spiro atoms. The van der Waals surface area contributed by atoms with Gasteiger partial charge in [0.05, 0.1) is 4.90 Å². The Morgan fingerprint density at radius 3 is 2.24 bits per heavy atom. The van der Waals surface area contributed by atoms with Crippen LogP contribution in [-0.2, 0) is 16.4 Å².